The van der Waals surface area contributed by atoms with Crippen molar-refractivity contribution in [3.05, 3.63) is 72.7 Å². The summed E-state index contributed by atoms with van der Waals surface area (Å²) in [6, 6.07) is 5.12. The van der Waals surface area contributed by atoms with Gasteiger partial charge in [-0.05, 0) is 62.1 Å². The third-order valence-corrected chi connectivity index (χ3v) is 5.16. The second kappa shape index (κ2) is 6.86. The van der Waals surface area contributed by atoms with Gasteiger partial charge in [0.15, 0.2) is 5.78 Å². The topological polar surface area (TPSA) is 52.0 Å². The fraction of sp³-hybridized carbons (Fsp3) is 0.250. The summed E-state index contributed by atoms with van der Waals surface area (Å²) in [6.45, 7) is 7.70. The number of ketones is 1. The zero-order valence-electron chi connectivity index (χ0n) is 15.0. The Morgan fingerprint density at radius 2 is 1.81 bits per heavy atom. The van der Waals surface area contributed by atoms with E-state index in [1.165, 1.54) is 10.9 Å². The van der Waals surface area contributed by atoms with Crippen molar-refractivity contribution in [1.82, 2.24) is 9.55 Å². The van der Waals surface area contributed by atoms with Crippen LogP contribution in [0.4, 0.5) is 0 Å². The second-order valence-corrected chi connectivity index (χ2v) is 7.35. The number of aromatic nitrogens is 2. The van der Waals surface area contributed by atoms with Crippen molar-refractivity contribution >= 4 is 39.9 Å². The largest absolute Gasteiger partial charge is 0.294 e. The van der Waals surface area contributed by atoms with E-state index in [2.05, 4.69) is 4.98 Å². The molecule has 0 bridgehead atoms. The van der Waals surface area contributed by atoms with Gasteiger partial charge in [0.2, 0.25) is 0 Å². The van der Waals surface area contributed by atoms with Crippen LogP contribution in [-0.2, 0) is 6.54 Å². The molecule has 0 aliphatic carbocycles. The lowest BCUT2D eigenvalue weighted by atomic mass is 9.91. The van der Waals surface area contributed by atoms with E-state index in [-0.39, 0.29) is 11.3 Å². The van der Waals surface area contributed by atoms with E-state index in [9.17, 15) is 9.59 Å². The molecule has 6 heteroatoms. The molecule has 0 radical (unpaired) electrons. The first-order chi connectivity index (χ1) is 12.2. The molecule has 1 aromatic heterocycles. The number of nitrogens with zero attached hydrogens (tertiary/aromatic N) is 2. The number of aryl methyl sites for hydroxylation is 2. The molecule has 3 rings (SSSR count). The lowest BCUT2D eigenvalue weighted by Gasteiger charge is -2.17. The molecule has 0 fully saturated rings. The Bertz CT molecular complexity index is 1120. The number of fused-ring (bicyclic) bond motifs is 1. The molecule has 0 saturated heterocycles. The van der Waals surface area contributed by atoms with Crippen LogP contribution in [0.5, 0.6) is 0 Å². The highest BCUT2D eigenvalue weighted by Crippen LogP contribution is 2.26. The molecule has 0 aliphatic rings. The average Bonchev–Trinajstić information content (AvgIpc) is 2.53. The van der Waals surface area contributed by atoms with Crippen LogP contribution < -0.4 is 5.56 Å². The first-order valence-electron chi connectivity index (χ1n) is 8.15. The van der Waals surface area contributed by atoms with E-state index >= 15 is 0 Å². The van der Waals surface area contributed by atoms with Crippen LogP contribution in [0.1, 0.15) is 39.5 Å². The van der Waals surface area contributed by atoms with Crippen LogP contribution in [0.3, 0.4) is 0 Å². The van der Waals surface area contributed by atoms with E-state index in [4.69, 9.17) is 23.2 Å². The number of rotatable bonds is 3. The maximum absolute atomic E-state index is 12.9. The van der Waals surface area contributed by atoms with Crippen LogP contribution >= 0.6 is 23.2 Å². The number of carbonyl (C=O) groups excluding carboxylic acids is 1. The molecule has 2 aromatic carbocycles. The molecule has 0 amide bonds. The fourth-order valence-corrected chi connectivity index (χ4v) is 4.03. The van der Waals surface area contributed by atoms with Gasteiger partial charge in [-0.2, -0.15) is 0 Å². The number of halogens is 2. The van der Waals surface area contributed by atoms with E-state index in [1.807, 2.05) is 26.8 Å². The van der Waals surface area contributed by atoms with Gasteiger partial charge in [-0.1, -0.05) is 29.3 Å². The summed E-state index contributed by atoms with van der Waals surface area (Å²) in [6.07, 6.45) is 1.48. The zero-order chi connectivity index (χ0) is 19.2. The minimum absolute atomic E-state index is 0.0174. The Balaban J connectivity index is 2.19. The highest BCUT2D eigenvalue weighted by atomic mass is 35.5. The van der Waals surface area contributed by atoms with Gasteiger partial charge >= 0.3 is 0 Å². The number of hydrogen-bond acceptors (Lipinski definition) is 3. The van der Waals surface area contributed by atoms with Gasteiger partial charge < -0.3 is 0 Å². The van der Waals surface area contributed by atoms with Crippen molar-refractivity contribution in [2.75, 3.05) is 0 Å². The Morgan fingerprint density at radius 1 is 1.12 bits per heavy atom. The van der Waals surface area contributed by atoms with Crippen molar-refractivity contribution < 1.29 is 4.79 Å². The minimum atomic E-state index is -0.219. The number of carbonyl (C=O) groups is 1. The molecule has 0 atom stereocenters. The summed E-state index contributed by atoms with van der Waals surface area (Å²) in [5.41, 5.74) is 4.73. The SMILES string of the molecule is CC(=O)c1c(C)cc(C)c(Cn2cnc3c(Cl)cc(Cl)cc3c2=O)c1C. The molecule has 1 heterocycles. The normalized spacial score (nSPS) is 11.2. The average molecular weight is 389 g/mol. The molecule has 3 aromatic rings. The molecular formula is C20H18Cl2N2O2. The molecule has 134 valence electrons. The molecule has 0 aliphatic heterocycles. The van der Waals surface area contributed by atoms with Crippen LogP contribution in [0.2, 0.25) is 10.0 Å². The van der Waals surface area contributed by atoms with E-state index in [1.54, 1.807) is 19.1 Å². The molecule has 26 heavy (non-hydrogen) atoms. The quantitative estimate of drug-likeness (QED) is 0.600. The first-order valence-corrected chi connectivity index (χ1v) is 8.91. The van der Waals surface area contributed by atoms with Crippen LogP contribution in [0.25, 0.3) is 10.9 Å². The summed E-state index contributed by atoms with van der Waals surface area (Å²) >= 11 is 12.2. The maximum atomic E-state index is 12.9. The summed E-state index contributed by atoms with van der Waals surface area (Å²) in [5, 5.41) is 1.11. The highest BCUT2D eigenvalue weighted by Gasteiger charge is 2.16. The van der Waals surface area contributed by atoms with Gasteiger partial charge in [0.25, 0.3) is 5.56 Å². The Labute approximate surface area is 161 Å². The molecule has 0 unspecified atom stereocenters. The van der Waals surface area contributed by atoms with Gasteiger partial charge in [0.1, 0.15) is 0 Å². The summed E-state index contributed by atoms with van der Waals surface area (Å²) in [4.78, 5) is 29.2. The molecule has 0 spiro atoms. The Hall–Kier alpha value is -2.17. The monoisotopic (exact) mass is 388 g/mol. The van der Waals surface area contributed by atoms with Crippen molar-refractivity contribution in [3.63, 3.8) is 0 Å². The van der Waals surface area contributed by atoms with E-state index in [0.29, 0.717) is 33.1 Å². The lowest BCUT2D eigenvalue weighted by molar-refractivity contribution is 0.101. The summed E-state index contributed by atoms with van der Waals surface area (Å²) in [7, 11) is 0. The van der Waals surface area contributed by atoms with Crippen LogP contribution in [-0.4, -0.2) is 15.3 Å². The number of hydrogen-bond donors (Lipinski definition) is 0. The van der Waals surface area contributed by atoms with Crippen LogP contribution in [0, 0.1) is 20.8 Å². The molecule has 0 saturated carbocycles. The first kappa shape index (κ1) is 18.6. The lowest BCUT2D eigenvalue weighted by Crippen LogP contribution is -2.22. The number of benzene rings is 2. The Morgan fingerprint density at radius 3 is 2.46 bits per heavy atom. The second-order valence-electron chi connectivity index (χ2n) is 6.51. The standard InChI is InChI=1S/C20H18Cl2N2O2/c1-10-5-11(2)18(13(4)25)12(3)16(10)8-24-9-23-19-15(20(24)26)6-14(21)7-17(19)22/h5-7,9H,8H2,1-4H3. The minimum Gasteiger partial charge on any atom is -0.294 e. The van der Waals surface area contributed by atoms with Gasteiger partial charge in [-0.15, -0.1) is 0 Å². The summed E-state index contributed by atoms with van der Waals surface area (Å²) in [5.74, 6) is 0.0174. The third-order valence-electron chi connectivity index (χ3n) is 4.66. The van der Waals surface area contributed by atoms with Crippen molar-refractivity contribution in [1.29, 1.82) is 0 Å². The molecular weight excluding hydrogens is 371 g/mol. The number of Topliss-reactive ketones (excluding diaryl/α,β-unsaturated/α-hetero) is 1. The molecule has 0 N–H and O–H groups in total. The van der Waals surface area contributed by atoms with Gasteiger partial charge in [0, 0.05) is 10.6 Å². The van der Waals surface area contributed by atoms with E-state index in [0.717, 1.165) is 22.3 Å². The maximum Gasteiger partial charge on any atom is 0.261 e. The van der Waals surface area contributed by atoms with Crippen molar-refractivity contribution in [2.24, 2.45) is 0 Å². The van der Waals surface area contributed by atoms with Gasteiger partial charge in [0.05, 0.1) is 28.8 Å². The Kier molecular flexibility index (Phi) is 4.91. The van der Waals surface area contributed by atoms with E-state index < -0.39 is 0 Å². The van der Waals surface area contributed by atoms with Crippen molar-refractivity contribution in [2.45, 2.75) is 34.2 Å². The summed E-state index contributed by atoms with van der Waals surface area (Å²) < 4.78 is 1.52. The predicted molar refractivity (Wildman–Crippen MR) is 106 cm³/mol. The fourth-order valence-electron chi connectivity index (χ4n) is 3.49. The van der Waals surface area contributed by atoms with Crippen LogP contribution in [0.15, 0.2) is 29.3 Å². The molecule has 4 nitrogen and oxygen atoms in total. The van der Waals surface area contributed by atoms with Crippen molar-refractivity contribution in [3.8, 4) is 0 Å². The third kappa shape index (κ3) is 3.15. The van der Waals surface area contributed by atoms with Gasteiger partial charge in [-0.25, -0.2) is 4.98 Å². The smallest absolute Gasteiger partial charge is 0.261 e. The predicted octanol–water partition coefficient (Wildman–Crippen LogP) is 4.88. The zero-order valence-corrected chi connectivity index (χ0v) is 16.5. The van der Waals surface area contributed by atoms with Gasteiger partial charge in [-0.3, -0.25) is 14.2 Å². The highest BCUT2D eigenvalue weighted by molar-refractivity contribution is 6.38.